The van der Waals surface area contributed by atoms with Crippen molar-refractivity contribution in [1.82, 2.24) is 14.7 Å². The molecule has 4 rings (SSSR count). The lowest BCUT2D eigenvalue weighted by atomic mass is 10.1. The van der Waals surface area contributed by atoms with Gasteiger partial charge in [0.1, 0.15) is 5.65 Å². The predicted molar refractivity (Wildman–Crippen MR) is 103 cm³/mol. The molecule has 25 heavy (non-hydrogen) atoms. The number of fused-ring (bicyclic) bond motifs is 1. The van der Waals surface area contributed by atoms with E-state index in [4.69, 9.17) is 4.74 Å². The summed E-state index contributed by atoms with van der Waals surface area (Å²) in [5.74, 6) is 0. The molecular weight excluding hydrogens is 380 g/mol. The van der Waals surface area contributed by atoms with Crippen LogP contribution in [0.3, 0.4) is 0 Å². The Morgan fingerprint density at radius 1 is 1.04 bits per heavy atom. The maximum absolute atomic E-state index is 5.47. The molecule has 0 saturated carbocycles. The minimum atomic E-state index is 0.747. The summed E-state index contributed by atoms with van der Waals surface area (Å²) in [7, 11) is 0. The van der Waals surface area contributed by atoms with Gasteiger partial charge in [-0.3, -0.25) is 0 Å². The Labute approximate surface area is 155 Å². The SMILES string of the molecule is Brc1ccc2nc(CNCc3ccccc3N3CCOCC3)cn2c1. The van der Waals surface area contributed by atoms with Crippen LogP contribution < -0.4 is 10.2 Å². The number of imidazole rings is 1. The van der Waals surface area contributed by atoms with Crippen molar-refractivity contribution in [3.05, 3.63) is 64.5 Å². The average molecular weight is 401 g/mol. The molecule has 1 aromatic carbocycles. The molecule has 6 heteroatoms. The number of para-hydroxylation sites is 1. The van der Waals surface area contributed by atoms with Crippen molar-refractivity contribution < 1.29 is 4.74 Å². The third-order valence-corrected chi connectivity index (χ3v) is 4.90. The van der Waals surface area contributed by atoms with Crippen molar-refractivity contribution in [3.63, 3.8) is 0 Å². The number of nitrogens with one attached hydrogen (secondary N) is 1. The number of ether oxygens (including phenoxy) is 1. The highest BCUT2D eigenvalue weighted by molar-refractivity contribution is 9.10. The van der Waals surface area contributed by atoms with Crippen molar-refractivity contribution in [3.8, 4) is 0 Å². The van der Waals surface area contributed by atoms with Gasteiger partial charge in [-0.1, -0.05) is 18.2 Å². The summed E-state index contributed by atoms with van der Waals surface area (Å²) >= 11 is 3.49. The molecule has 5 nitrogen and oxygen atoms in total. The zero-order valence-electron chi connectivity index (χ0n) is 14.0. The molecule has 1 N–H and O–H groups in total. The van der Waals surface area contributed by atoms with Crippen LogP contribution in [0.15, 0.2) is 53.3 Å². The van der Waals surface area contributed by atoms with E-state index in [1.165, 1.54) is 11.3 Å². The Morgan fingerprint density at radius 2 is 1.88 bits per heavy atom. The molecule has 0 spiro atoms. The number of benzene rings is 1. The molecular formula is C19H21BrN4O. The second kappa shape index (κ2) is 7.56. The summed E-state index contributed by atoms with van der Waals surface area (Å²) in [6.07, 6.45) is 4.10. The Morgan fingerprint density at radius 3 is 2.76 bits per heavy atom. The first-order valence-corrected chi connectivity index (χ1v) is 9.33. The molecule has 3 aromatic rings. The monoisotopic (exact) mass is 400 g/mol. The molecule has 1 aliphatic rings. The Balaban J connectivity index is 1.42. The number of hydrogen-bond donors (Lipinski definition) is 1. The molecule has 0 aliphatic carbocycles. The molecule has 0 atom stereocenters. The highest BCUT2D eigenvalue weighted by atomic mass is 79.9. The summed E-state index contributed by atoms with van der Waals surface area (Å²) in [6.45, 7) is 5.09. The number of aromatic nitrogens is 2. The van der Waals surface area contributed by atoms with Crippen LogP contribution in [0.4, 0.5) is 5.69 Å². The van der Waals surface area contributed by atoms with Crippen LogP contribution in [-0.4, -0.2) is 35.7 Å². The standard InChI is InChI=1S/C19H21BrN4O/c20-16-5-6-19-22-17(14-24(19)13-16)12-21-11-15-3-1-2-4-18(15)23-7-9-25-10-8-23/h1-6,13-14,21H,7-12H2. The van der Waals surface area contributed by atoms with Crippen molar-refractivity contribution >= 4 is 27.3 Å². The number of hydrogen-bond acceptors (Lipinski definition) is 4. The second-order valence-corrected chi connectivity index (χ2v) is 7.09. The lowest BCUT2D eigenvalue weighted by Crippen LogP contribution is -2.37. The predicted octanol–water partition coefficient (Wildman–Crippen LogP) is 3.22. The maximum atomic E-state index is 5.47. The summed E-state index contributed by atoms with van der Waals surface area (Å²) in [6, 6.07) is 12.6. The number of nitrogens with zero attached hydrogens (tertiary/aromatic N) is 3. The zero-order valence-corrected chi connectivity index (χ0v) is 15.6. The summed E-state index contributed by atoms with van der Waals surface area (Å²) in [5.41, 5.74) is 4.63. The van der Waals surface area contributed by atoms with Gasteiger partial charge in [-0.15, -0.1) is 0 Å². The van der Waals surface area contributed by atoms with Gasteiger partial charge in [0.15, 0.2) is 0 Å². The molecule has 0 unspecified atom stereocenters. The number of pyridine rings is 1. The minimum absolute atomic E-state index is 0.747. The first-order chi connectivity index (χ1) is 12.3. The van der Waals surface area contributed by atoms with Gasteiger partial charge in [-0.05, 0) is 39.7 Å². The average Bonchev–Trinajstić information content (AvgIpc) is 3.05. The third-order valence-electron chi connectivity index (χ3n) is 4.43. The number of anilines is 1. The normalized spacial score (nSPS) is 15.0. The first-order valence-electron chi connectivity index (χ1n) is 8.54. The van der Waals surface area contributed by atoms with Crippen LogP contribution >= 0.6 is 15.9 Å². The van der Waals surface area contributed by atoms with Crippen molar-refractivity contribution in [2.24, 2.45) is 0 Å². The van der Waals surface area contributed by atoms with Crippen LogP contribution in [-0.2, 0) is 17.8 Å². The zero-order chi connectivity index (χ0) is 17.1. The molecule has 130 valence electrons. The molecule has 0 amide bonds. The van der Waals surface area contributed by atoms with E-state index < -0.39 is 0 Å². The van der Waals surface area contributed by atoms with Gasteiger partial charge in [0.05, 0.1) is 18.9 Å². The lowest BCUT2D eigenvalue weighted by Gasteiger charge is -2.30. The van der Waals surface area contributed by atoms with E-state index in [2.05, 4.69) is 61.6 Å². The van der Waals surface area contributed by atoms with Crippen molar-refractivity contribution in [2.75, 3.05) is 31.2 Å². The van der Waals surface area contributed by atoms with Gasteiger partial charge in [0.2, 0.25) is 0 Å². The van der Waals surface area contributed by atoms with Crippen LogP contribution in [0.25, 0.3) is 5.65 Å². The molecule has 1 aliphatic heterocycles. The molecule has 0 bridgehead atoms. The molecule has 3 heterocycles. The van der Waals surface area contributed by atoms with Gasteiger partial charge in [-0.25, -0.2) is 4.98 Å². The van der Waals surface area contributed by atoms with Gasteiger partial charge >= 0.3 is 0 Å². The number of morpholine rings is 1. The van der Waals surface area contributed by atoms with Gasteiger partial charge in [0.25, 0.3) is 0 Å². The Bertz CT molecular complexity index is 858. The van der Waals surface area contributed by atoms with Gasteiger partial charge < -0.3 is 19.4 Å². The molecule has 1 saturated heterocycles. The topological polar surface area (TPSA) is 41.8 Å². The fourth-order valence-electron chi connectivity index (χ4n) is 3.20. The van der Waals surface area contributed by atoms with E-state index >= 15 is 0 Å². The Kier molecular flexibility index (Phi) is 5.01. The Hall–Kier alpha value is -1.89. The number of rotatable bonds is 5. The van der Waals surface area contributed by atoms with Crippen LogP contribution in [0, 0.1) is 0 Å². The fourth-order valence-corrected chi connectivity index (χ4v) is 3.55. The highest BCUT2D eigenvalue weighted by Gasteiger charge is 2.14. The molecule has 1 fully saturated rings. The third kappa shape index (κ3) is 3.86. The minimum Gasteiger partial charge on any atom is -0.378 e. The summed E-state index contributed by atoms with van der Waals surface area (Å²) in [4.78, 5) is 7.06. The first kappa shape index (κ1) is 16.6. The fraction of sp³-hybridized carbons (Fsp3) is 0.316. The van der Waals surface area contributed by atoms with E-state index in [-0.39, 0.29) is 0 Å². The van der Waals surface area contributed by atoms with E-state index in [0.717, 1.165) is 55.2 Å². The van der Waals surface area contributed by atoms with Crippen LogP contribution in [0.5, 0.6) is 0 Å². The largest absolute Gasteiger partial charge is 0.378 e. The molecule has 0 radical (unpaired) electrons. The van der Waals surface area contributed by atoms with Crippen LogP contribution in [0.1, 0.15) is 11.3 Å². The smallest absolute Gasteiger partial charge is 0.137 e. The van der Waals surface area contributed by atoms with E-state index in [1.807, 2.05) is 22.7 Å². The second-order valence-electron chi connectivity index (χ2n) is 6.18. The van der Waals surface area contributed by atoms with Gasteiger partial charge in [0, 0.05) is 48.7 Å². The quantitative estimate of drug-likeness (QED) is 0.713. The maximum Gasteiger partial charge on any atom is 0.137 e. The van der Waals surface area contributed by atoms with E-state index in [0.29, 0.717) is 0 Å². The van der Waals surface area contributed by atoms with Gasteiger partial charge in [-0.2, -0.15) is 0 Å². The van der Waals surface area contributed by atoms with Crippen LogP contribution in [0.2, 0.25) is 0 Å². The number of halogens is 1. The van der Waals surface area contributed by atoms with E-state index in [9.17, 15) is 0 Å². The summed E-state index contributed by atoms with van der Waals surface area (Å²) < 4.78 is 8.56. The van der Waals surface area contributed by atoms with Crippen molar-refractivity contribution in [1.29, 1.82) is 0 Å². The summed E-state index contributed by atoms with van der Waals surface area (Å²) in [5, 5.41) is 3.53. The lowest BCUT2D eigenvalue weighted by molar-refractivity contribution is 0.122. The highest BCUT2D eigenvalue weighted by Crippen LogP contribution is 2.21. The van der Waals surface area contributed by atoms with Crippen molar-refractivity contribution in [2.45, 2.75) is 13.1 Å². The molecule has 2 aromatic heterocycles. The van der Waals surface area contributed by atoms with E-state index in [1.54, 1.807) is 0 Å².